The number of rotatable bonds is 9. The quantitative estimate of drug-likeness (QED) is 0.578. The number of nitrogens with one attached hydrogen (secondary N) is 3. The third-order valence-corrected chi connectivity index (χ3v) is 6.23. The van der Waals surface area contributed by atoms with Crippen LogP contribution in [0.2, 0.25) is 0 Å². The second kappa shape index (κ2) is 9.84. The van der Waals surface area contributed by atoms with Gasteiger partial charge in [0.1, 0.15) is 10.7 Å². The Morgan fingerprint density at radius 3 is 2.21 bits per heavy atom. The molecular formula is C21H30N4O3S. The Morgan fingerprint density at radius 1 is 1.07 bits per heavy atom. The molecule has 29 heavy (non-hydrogen) atoms. The van der Waals surface area contributed by atoms with Gasteiger partial charge in [-0.15, -0.1) is 0 Å². The molecule has 0 radical (unpaired) electrons. The zero-order valence-corrected chi connectivity index (χ0v) is 18.5. The molecule has 0 saturated carbocycles. The van der Waals surface area contributed by atoms with E-state index in [2.05, 4.69) is 20.3 Å². The van der Waals surface area contributed by atoms with Crippen LogP contribution in [0.25, 0.3) is 0 Å². The Balaban J connectivity index is 1.97. The van der Waals surface area contributed by atoms with Crippen LogP contribution < -0.4 is 15.4 Å². The average molecular weight is 419 g/mol. The number of amides is 1. The van der Waals surface area contributed by atoms with Crippen molar-refractivity contribution in [3.8, 4) is 0 Å². The summed E-state index contributed by atoms with van der Waals surface area (Å²) in [5, 5.41) is 5.83. The molecule has 0 unspecified atom stereocenters. The normalized spacial score (nSPS) is 11.5. The molecule has 3 N–H and O–H groups in total. The molecule has 1 heterocycles. The first-order valence-corrected chi connectivity index (χ1v) is 11.2. The summed E-state index contributed by atoms with van der Waals surface area (Å²) in [7, 11) is -3.61. The van der Waals surface area contributed by atoms with E-state index in [1.54, 1.807) is 6.07 Å². The number of benzene rings is 1. The lowest BCUT2D eigenvalue weighted by atomic mass is 10.1. The van der Waals surface area contributed by atoms with Gasteiger partial charge in [0.05, 0.1) is 6.54 Å². The van der Waals surface area contributed by atoms with Crippen molar-refractivity contribution in [3.63, 3.8) is 0 Å². The van der Waals surface area contributed by atoms with E-state index in [4.69, 9.17) is 0 Å². The summed E-state index contributed by atoms with van der Waals surface area (Å²) in [6, 6.07) is 6.97. The maximum absolute atomic E-state index is 12.4. The SMILES string of the molecule is CCC(CC)NS(=O)(=O)c1ccc(NCC(=O)Nc2c(C)cc(C)cc2C)nc1. The van der Waals surface area contributed by atoms with E-state index in [0.717, 1.165) is 35.2 Å². The van der Waals surface area contributed by atoms with Crippen LogP contribution in [-0.2, 0) is 14.8 Å². The second-order valence-corrected chi connectivity index (χ2v) is 8.90. The number of anilines is 2. The monoisotopic (exact) mass is 418 g/mol. The van der Waals surface area contributed by atoms with E-state index >= 15 is 0 Å². The molecule has 0 atom stereocenters. The Kier molecular flexibility index (Phi) is 7.75. The molecule has 0 bridgehead atoms. The largest absolute Gasteiger partial charge is 0.361 e. The van der Waals surface area contributed by atoms with E-state index < -0.39 is 10.0 Å². The first-order valence-electron chi connectivity index (χ1n) is 9.76. The third kappa shape index (κ3) is 6.27. The molecule has 158 valence electrons. The van der Waals surface area contributed by atoms with Gasteiger partial charge in [0.15, 0.2) is 0 Å². The van der Waals surface area contributed by atoms with Gasteiger partial charge in [-0.2, -0.15) is 0 Å². The molecule has 0 aliphatic heterocycles. The van der Waals surface area contributed by atoms with E-state index in [0.29, 0.717) is 5.82 Å². The average Bonchev–Trinajstić information content (AvgIpc) is 2.67. The molecule has 1 amide bonds. The number of pyridine rings is 1. The highest BCUT2D eigenvalue weighted by Crippen LogP contribution is 2.21. The number of hydrogen-bond donors (Lipinski definition) is 3. The summed E-state index contributed by atoms with van der Waals surface area (Å²) in [4.78, 5) is 16.5. The highest BCUT2D eigenvalue weighted by atomic mass is 32.2. The number of hydrogen-bond acceptors (Lipinski definition) is 5. The molecule has 0 spiro atoms. The Labute approximate surface area is 173 Å². The van der Waals surface area contributed by atoms with Crippen LogP contribution >= 0.6 is 0 Å². The molecule has 0 aliphatic carbocycles. The molecule has 1 aromatic carbocycles. The molecule has 8 heteroatoms. The lowest BCUT2D eigenvalue weighted by Crippen LogP contribution is -2.33. The van der Waals surface area contributed by atoms with E-state index in [1.165, 1.54) is 12.3 Å². The van der Waals surface area contributed by atoms with Crippen molar-refractivity contribution in [2.24, 2.45) is 0 Å². The van der Waals surface area contributed by atoms with Crippen LogP contribution in [0.4, 0.5) is 11.5 Å². The number of carbonyl (C=O) groups is 1. The standard InChI is InChI=1S/C21H30N4O3S/c1-6-17(7-2)25-29(27,28)18-8-9-19(22-12-18)23-13-20(26)24-21-15(4)10-14(3)11-16(21)5/h8-12,17,25H,6-7,13H2,1-5H3,(H,22,23)(H,24,26). The lowest BCUT2D eigenvalue weighted by molar-refractivity contribution is -0.114. The van der Waals surface area contributed by atoms with Crippen LogP contribution in [0.1, 0.15) is 43.4 Å². The van der Waals surface area contributed by atoms with Crippen LogP contribution in [0, 0.1) is 20.8 Å². The van der Waals surface area contributed by atoms with Crippen molar-refractivity contribution in [1.29, 1.82) is 0 Å². The fourth-order valence-corrected chi connectivity index (χ4v) is 4.47. The Morgan fingerprint density at radius 2 is 1.69 bits per heavy atom. The van der Waals surface area contributed by atoms with Gasteiger partial charge in [-0.1, -0.05) is 31.5 Å². The zero-order chi connectivity index (χ0) is 21.6. The minimum absolute atomic E-state index is 0.0256. The summed E-state index contributed by atoms with van der Waals surface area (Å²) < 4.78 is 27.5. The summed E-state index contributed by atoms with van der Waals surface area (Å²) >= 11 is 0. The van der Waals surface area contributed by atoms with Crippen LogP contribution in [0.3, 0.4) is 0 Å². The van der Waals surface area contributed by atoms with Gasteiger partial charge in [0.25, 0.3) is 0 Å². The summed E-state index contributed by atoms with van der Waals surface area (Å²) in [6.45, 7) is 9.83. The predicted octanol–water partition coefficient (Wildman–Crippen LogP) is 3.52. The van der Waals surface area contributed by atoms with Gasteiger partial charge < -0.3 is 10.6 Å². The smallest absolute Gasteiger partial charge is 0.243 e. The first-order chi connectivity index (χ1) is 13.7. The Hall–Kier alpha value is -2.45. The maximum Gasteiger partial charge on any atom is 0.243 e. The van der Waals surface area contributed by atoms with E-state index in [1.807, 2.05) is 46.8 Å². The van der Waals surface area contributed by atoms with Crippen molar-refractivity contribution in [1.82, 2.24) is 9.71 Å². The van der Waals surface area contributed by atoms with E-state index in [-0.39, 0.29) is 23.4 Å². The predicted molar refractivity (Wildman–Crippen MR) is 117 cm³/mol. The maximum atomic E-state index is 12.4. The number of nitrogens with zero attached hydrogens (tertiary/aromatic N) is 1. The minimum Gasteiger partial charge on any atom is -0.361 e. The minimum atomic E-state index is -3.61. The van der Waals surface area contributed by atoms with Crippen molar-refractivity contribution >= 4 is 27.4 Å². The van der Waals surface area contributed by atoms with Crippen LogP contribution in [0.15, 0.2) is 35.4 Å². The van der Waals surface area contributed by atoms with Crippen molar-refractivity contribution < 1.29 is 13.2 Å². The second-order valence-electron chi connectivity index (χ2n) is 7.19. The fourth-order valence-electron chi connectivity index (χ4n) is 3.12. The highest BCUT2D eigenvalue weighted by molar-refractivity contribution is 7.89. The van der Waals surface area contributed by atoms with Crippen molar-refractivity contribution in [3.05, 3.63) is 47.2 Å². The summed E-state index contributed by atoms with van der Waals surface area (Å²) in [5.41, 5.74) is 3.97. The molecule has 0 fully saturated rings. The molecule has 7 nitrogen and oxygen atoms in total. The van der Waals surface area contributed by atoms with Gasteiger partial charge in [0.2, 0.25) is 15.9 Å². The Bertz CT molecular complexity index is 929. The first kappa shape index (κ1) is 22.8. The van der Waals surface area contributed by atoms with Crippen molar-refractivity contribution in [2.75, 3.05) is 17.2 Å². The third-order valence-electron chi connectivity index (χ3n) is 4.73. The molecule has 2 aromatic rings. The van der Waals surface area contributed by atoms with Gasteiger partial charge in [-0.25, -0.2) is 18.1 Å². The van der Waals surface area contributed by atoms with Crippen molar-refractivity contribution in [2.45, 2.75) is 58.4 Å². The van der Waals surface area contributed by atoms with Gasteiger partial charge >= 0.3 is 0 Å². The molecular weight excluding hydrogens is 388 g/mol. The number of sulfonamides is 1. The number of aryl methyl sites for hydroxylation is 3. The number of aromatic nitrogens is 1. The van der Waals surface area contributed by atoms with Gasteiger partial charge in [-0.05, 0) is 56.9 Å². The highest BCUT2D eigenvalue weighted by Gasteiger charge is 2.18. The summed E-state index contributed by atoms with van der Waals surface area (Å²) in [5.74, 6) is 0.230. The molecule has 1 aromatic heterocycles. The topological polar surface area (TPSA) is 100 Å². The van der Waals surface area contributed by atoms with Gasteiger partial charge in [-0.3, -0.25) is 4.79 Å². The fraction of sp³-hybridized carbons (Fsp3) is 0.429. The zero-order valence-electron chi connectivity index (χ0n) is 17.7. The number of carbonyl (C=O) groups excluding carboxylic acids is 1. The molecule has 0 aliphatic rings. The molecule has 2 rings (SSSR count). The molecule has 0 saturated heterocycles. The van der Waals surface area contributed by atoms with Crippen LogP contribution in [-0.4, -0.2) is 31.9 Å². The summed E-state index contributed by atoms with van der Waals surface area (Å²) in [6.07, 6.45) is 2.73. The lowest BCUT2D eigenvalue weighted by Gasteiger charge is -2.15. The van der Waals surface area contributed by atoms with Gasteiger partial charge in [0, 0.05) is 17.9 Å². The van der Waals surface area contributed by atoms with E-state index in [9.17, 15) is 13.2 Å². The van der Waals surface area contributed by atoms with Crippen LogP contribution in [0.5, 0.6) is 0 Å².